The van der Waals surface area contributed by atoms with Crippen molar-refractivity contribution < 1.29 is 13.9 Å². The molecule has 2 aromatic carbocycles. The normalized spacial score (nSPS) is 9.85. The first-order valence-corrected chi connectivity index (χ1v) is 6.04. The van der Waals surface area contributed by atoms with E-state index in [1.807, 2.05) is 6.07 Å². The van der Waals surface area contributed by atoms with Crippen molar-refractivity contribution in [3.05, 3.63) is 59.4 Å². The van der Waals surface area contributed by atoms with Gasteiger partial charge in [0.1, 0.15) is 5.75 Å². The zero-order chi connectivity index (χ0) is 14.5. The molecule has 2 aromatic rings. The van der Waals surface area contributed by atoms with Gasteiger partial charge in [-0.05, 0) is 42.8 Å². The number of nitriles is 1. The van der Waals surface area contributed by atoms with Gasteiger partial charge in [-0.15, -0.1) is 0 Å². The average molecular weight is 269 g/mol. The van der Waals surface area contributed by atoms with Gasteiger partial charge in [0.05, 0.1) is 12.5 Å². The highest BCUT2D eigenvalue weighted by Crippen LogP contribution is 2.25. The van der Waals surface area contributed by atoms with Crippen molar-refractivity contribution >= 4 is 5.78 Å². The lowest BCUT2D eigenvalue weighted by Crippen LogP contribution is -1.95. The maximum Gasteiger partial charge on any atom is 0.166 e. The molecule has 0 radical (unpaired) electrons. The second kappa shape index (κ2) is 5.98. The number of rotatable bonds is 4. The quantitative estimate of drug-likeness (QED) is 0.791. The molecule has 0 spiro atoms. The van der Waals surface area contributed by atoms with Crippen molar-refractivity contribution in [2.45, 2.75) is 13.3 Å². The fraction of sp³-hybridized carbons (Fsp3) is 0.125. The largest absolute Gasteiger partial charge is 0.454 e. The highest BCUT2D eigenvalue weighted by Gasteiger charge is 2.08. The van der Waals surface area contributed by atoms with Crippen LogP contribution in [0.3, 0.4) is 0 Å². The molecular weight excluding hydrogens is 257 g/mol. The summed E-state index contributed by atoms with van der Waals surface area (Å²) in [6, 6.07) is 13.0. The Morgan fingerprint density at radius 3 is 2.50 bits per heavy atom. The predicted molar refractivity (Wildman–Crippen MR) is 72.2 cm³/mol. The molecule has 20 heavy (non-hydrogen) atoms. The number of Topliss-reactive ketones (excluding diaryl/α,β-unsaturated/α-hetero) is 1. The van der Waals surface area contributed by atoms with Gasteiger partial charge in [0.15, 0.2) is 17.3 Å². The third kappa shape index (κ3) is 3.21. The van der Waals surface area contributed by atoms with Gasteiger partial charge >= 0.3 is 0 Å². The van der Waals surface area contributed by atoms with Crippen molar-refractivity contribution in [1.82, 2.24) is 0 Å². The SMILES string of the molecule is CC(=O)c1ccc(Oc2ccc(CC#N)cc2)c(F)c1. The summed E-state index contributed by atoms with van der Waals surface area (Å²) in [5.41, 5.74) is 1.17. The lowest BCUT2D eigenvalue weighted by Gasteiger charge is -2.08. The third-order valence-corrected chi connectivity index (χ3v) is 2.77. The first kappa shape index (κ1) is 13.8. The van der Waals surface area contributed by atoms with Crippen LogP contribution in [0.2, 0.25) is 0 Å². The molecule has 0 saturated carbocycles. The molecular formula is C16H12FNO2. The van der Waals surface area contributed by atoms with Crippen LogP contribution in [-0.4, -0.2) is 5.78 Å². The number of benzene rings is 2. The minimum absolute atomic E-state index is 0.0584. The van der Waals surface area contributed by atoms with E-state index >= 15 is 0 Å². The first-order chi connectivity index (χ1) is 9.60. The lowest BCUT2D eigenvalue weighted by atomic mass is 10.1. The third-order valence-electron chi connectivity index (χ3n) is 2.77. The molecule has 0 aliphatic carbocycles. The number of nitrogens with zero attached hydrogens (tertiary/aromatic N) is 1. The molecule has 0 amide bonds. The Bertz CT molecular complexity index is 672. The Kier molecular flexibility index (Phi) is 4.11. The maximum atomic E-state index is 13.8. The molecule has 0 N–H and O–H groups in total. The van der Waals surface area contributed by atoms with Crippen LogP contribution < -0.4 is 4.74 Å². The summed E-state index contributed by atoms with van der Waals surface area (Å²) in [5, 5.41) is 8.57. The summed E-state index contributed by atoms with van der Waals surface area (Å²) in [6.07, 6.45) is 0.321. The molecule has 0 saturated heterocycles. The van der Waals surface area contributed by atoms with Crippen molar-refractivity contribution in [3.8, 4) is 17.6 Å². The average Bonchev–Trinajstić information content (AvgIpc) is 2.43. The van der Waals surface area contributed by atoms with Crippen molar-refractivity contribution in [2.75, 3.05) is 0 Å². The zero-order valence-corrected chi connectivity index (χ0v) is 10.9. The van der Waals surface area contributed by atoms with E-state index in [1.54, 1.807) is 24.3 Å². The Labute approximate surface area is 116 Å². The number of hydrogen-bond donors (Lipinski definition) is 0. The molecule has 3 nitrogen and oxygen atoms in total. The minimum Gasteiger partial charge on any atom is -0.454 e. The van der Waals surface area contributed by atoms with Crippen molar-refractivity contribution in [3.63, 3.8) is 0 Å². The molecule has 0 fully saturated rings. The van der Waals surface area contributed by atoms with Crippen LogP contribution >= 0.6 is 0 Å². The molecule has 0 bridgehead atoms. The van der Waals surface area contributed by atoms with E-state index in [9.17, 15) is 9.18 Å². The Morgan fingerprint density at radius 1 is 1.25 bits per heavy atom. The van der Waals surface area contributed by atoms with Gasteiger partial charge in [-0.1, -0.05) is 12.1 Å². The zero-order valence-electron chi connectivity index (χ0n) is 10.9. The van der Waals surface area contributed by atoms with Gasteiger partial charge in [0.25, 0.3) is 0 Å². The van der Waals surface area contributed by atoms with Crippen LogP contribution in [0.1, 0.15) is 22.8 Å². The molecule has 0 heterocycles. The van der Waals surface area contributed by atoms with Gasteiger partial charge in [-0.2, -0.15) is 5.26 Å². The summed E-state index contributed by atoms with van der Waals surface area (Å²) in [5.74, 6) is -0.251. The lowest BCUT2D eigenvalue weighted by molar-refractivity contribution is 0.101. The molecule has 0 atom stereocenters. The topological polar surface area (TPSA) is 50.1 Å². The van der Waals surface area contributed by atoms with E-state index in [1.165, 1.54) is 19.1 Å². The smallest absolute Gasteiger partial charge is 0.166 e. The van der Waals surface area contributed by atoms with Crippen LogP contribution in [-0.2, 0) is 6.42 Å². The minimum atomic E-state index is -0.584. The summed E-state index contributed by atoms with van der Waals surface area (Å²) < 4.78 is 19.2. The molecule has 4 heteroatoms. The van der Waals surface area contributed by atoms with E-state index in [0.717, 1.165) is 11.6 Å². The first-order valence-electron chi connectivity index (χ1n) is 6.04. The van der Waals surface area contributed by atoms with Gasteiger partial charge in [-0.25, -0.2) is 4.39 Å². The van der Waals surface area contributed by atoms with E-state index in [0.29, 0.717) is 17.7 Å². The summed E-state index contributed by atoms with van der Waals surface area (Å²) in [7, 11) is 0. The number of hydrogen-bond acceptors (Lipinski definition) is 3. The van der Waals surface area contributed by atoms with Gasteiger partial charge in [-0.3, -0.25) is 4.79 Å². The van der Waals surface area contributed by atoms with Gasteiger partial charge in [0.2, 0.25) is 0 Å². The molecule has 100 valence electrons. The van der Waals surface area contributed by atoms with Gasteiger partial charge in [0, 0.05) is 5.56 Å². The van der Waals surface area contributed by atoms with Gasteiger partial charge < -0.3 is 4.74 Å². The molecule has 0 aliphatic heterocycles. The van der Waals surface area contributed by atoms with Crippen LogP contribution in [0.15, 0.2) is 42.5 Å². The molecule has 0 aromatic heterocycles. The predicted octanol–water partition coefficient (Wildman–Crippen LogP) is 3.89. The van der Waals surface area contributed by atoms with Crippen molar-refractivity contribution in [2.24, 2.45) is 0 Å². The molecule has 0 aliphatic rings. The monoisotopic (exact) mass is 269 g/mol. The van der Waals surface area contributed by atoms with Crippen LogP contribution in [0.5, 0.6) is 11.5 Å². The highest BCUT2D eigenvalue weighted by molar-refractivity contribution is 5.94. The summed E-state index contributed by atoms with van der Waals surface area (Å²) in [6.45, 7) is 1.38. The highest BCUT2D eigenvalue weighted by atomic mass is 19.1. The Balaban J connectivity index is 2.17. The number of ether oxygens (including phenoxy) is 1. The van der Waals surface area contributed by atoms with Crippen LogP contribution in [0.25, 0.3) is 0 Å². The van der Waals surface area contributed by atoms with E-state index in [-0.39, 0.29) is 11.5 Å². The molecule has 0 unspecified atom stereocenters. The van der Waals surface area contributed by atoms with Crippen LogP contribution in [0.4, 0.5) is 4.39 Å². The van der Waals surface area contributed by atoms with E-state index in [2.05, 4.69) is 0 Å². The summed E-state index contributed by atoms with van der Waals surface area (Å²) in [4.78, 5) is 11.1. The van der Waals surface area contributed by atoms with Crippen LogP contribution in [0, 0.1) is 17.1 Å². The van der Waals surface area contributed by atoms with Crippen molar-refractivity contribution in [1.29, 1.82) is 5.26 Å². The maximum absolute atomic E-state index is 13.8. The fourth-order valence-corrected chi connectivity index (χ4v) is 1.70. The number of ketones is 1. The number of carbonyl (C=O) groups excluding carboxylic acids is 1. The van der Waals surface area contributed by atoms with E-state index < -0.39 is 5.82 Å². The summed E-state index contributed by atoms with van der Waals surface area (Å²) >= 11 is 0. The second-order valence-electron chi connectivity index (χ2n) is 4.28. The number of carbonyl (C=O) groups is 1. The standard InChI is InChI=1S/C16H12FNO2/c1-11(19)13-4-7-16(15(17)10-13)20-14-5-2-12(3-6-14)8-9-18/h2-7,10H,8H2,1H3. The Morgan fingerprint density at radius 2 is 1.95 bits per heavy atom. The fourth-order valence-electron chi connectivity index (χ4n) is 1.70. The molecule has 2 rings (SSSR count). The van der Waals surface area contributed by atoms with E-state index in [4.69, 9.17) is 10.00 Å². The second-order valence-corrected chi connectivity index (χ2v) is 4.28. The number of halogens is 1. The Hall–Kier alpha value is -2.67.